The first-order valence-electron chi connectivity index (χ1n) is 9.99. The van der Waals surface area contributed by atoms with Gasteiger partial charge in [-0.25, -0.2) is 8.42 Å². The second-order valence-corrected chi connectivity index (χ2v) is 9.21. The fourth-order valence-corrected chi connectivity index (χ4v) is 4.99. The zero-order valence-corrected chi connectivity index (χ0v) is 18.2. The van der Waals surface area contributed by atoms with E-state index >= 15 is 0 Å². The molecule has 2 aromatic carbocycles. The second-order valence-electron chi connectivity index (χ2n) is 7.27. The van der Waals surface area contributed by atoms with Crippen molar-refractivity contribution in [1.82, 2.24) is 9.62 Å². The van der Waals surface area contributed by atoms with E-state index in [2.05, 4.69) is 5.32 Å². The van der Waals surface area contributed by atoms with Crippen molar-refractivity contribution in [2.75, 3.05) is 27.3 Å². The third-order valence-electron chi connectivity index (χ3n) is 5.29. The number of ether oxygens (including phenoxy) is 2. The number of amides is 1. The van der Waals surface area contributed by atoms with Crippen molar-refractivity contribution in [3.05, 3.63) is 54.1 Å². The number of aryl methyl sites for hydroxylation is 1. The number of carbonyl (C=O) groups excluding carboxylic acids is 1. The van der Waals surface area contributed by atoms with Crippen LogP contribution in [0.25, 0.3) is 0 Å². The summed E-state index contributed by atoms with van der Waals surface area (Å²) in [6.45, 7) is 0.768. The lowest BCUT2D eigenvalue weighted by Crippen LogP contribution is -2.46. The summed E-state index contributed by atoms with van der Waals surface area (Å²) in [5, 5.41) is 3.04. The highest BCUT2D eigenvalue weighted by Gasteiger charge is 2.29. The monoisotopic (exact) mass is 432 g/mol. The van der Waals surface area contributed by atoms with Crippen molar-refractivity contribution in [2.45, 2.75) is 36.6 Å². The van der Waals surface area contributed by atoms with E-state index in [4.69, 9.17) is 9.47 Å². The first-order chi connectivity index (χ1) is 14.4. The van der Waals surface area contributed by atoms with Gasteiger partial charge in [0.05, 0.1) is 19.1 Å². The first-order valence-corrected chi connectivity index (χ1v) is 11.4. The number of nitrogens with zero attached hydrogens (tertiary/aromatic N) is 1. The lowest BCUT2D eigenvalue weighted by atomic mass is 10.1. The number of hydrogen-bond donors (Lipinski definition) is 1. The topological polar surface area (TPSA) is 84.9 Å². The van der Waals surface area contributed by atoms with Crippen LogP contribution in [0.3, 0.4) is 0 Å². The largest absolute Gasteiger partial charge is 0.497 e. The van der Waals surface area contributed by atoms with Crippen LogP contribution in [0.4, 0.5) is 0 Å². The molecule has 1 aliphatic heterocycles. The molecule has 0 unspecified atom stereocenters. The van der Waals surface area contributed by atoms with E-state index in [0.29, 0.717) is 44.5 Å². The third-order valence-corrected chi connectivity index (χ3v) is 7.20. The summed E-state index contributed by atoms with van der Waals surface area (Å²) in [5.41, 5.74) is 1.05. The molecule has 30 heavy (non-hydrogen) atoms. The van der Waals surface area contributed by atoms with Crippen LogP contribution in [0.1, 0.15) is 24.8 Å². The Balaban J connectivity index is 1.48. The molecule has 0 aliphatic carbocycles. The lowest BCUT2D eigenvalue weighted by Gasteiger charge is -2.31. The van der Waals surface area contributed by atoms with Gasteiger partial charge in [-0.2, -0.15) is 4.31 Å². The fraction of sp³-hybridized carbons (Fsp3) is 0.409. The van der Waals surface area contributed by atoms with Crippen LogP contribution in [0.5, 0.6) is 11.5 Å². The van der Waals surface area contributed by atoms with Crippen LogP contribution in [0, 0.1) is 0 Å². The molecular formula is C22H28N2O5S. The maximum Gasteiger partial charge on any atom is 0.243 e. The Labute approximate surface area is 178 Å². The van der Waals surface area contributed by atoms with Gasteiger partial charge in [0, 0.05) is 25.6 Å². The molecule has 0 bridgehead atoms. The molecule has 2 aromatic rings. The molecule has 0 saturated carbocycles. The summed E-state index contributed by atoms with van der Waals surface area (Å²) in [5.74, 6) is 1.37. The predicted molar refractivity (Wildman–Crippen MR) is 114 cm³/mol. The Kier molecular flexibility index (Phi) is 7.33. The highest BCUT2D eigenvalue weighted by atomic mass is 32.2. The Morgan fingerprint density at radius 1 is 1.03 bits per heavy atom. The molecule has 1 saturated heterocycles. The number of nitrogens with one attached hydrogen (secondary N) is 1. The molecule has 1 aliphatic rings. The summed E-state index contributed by atoms with van der Waals surface area (Å²) in [4.78, 5) is 12.6. The van der Waals surface area contributed by atoms with Gasteiger partial charge in [-0.05, 0) is 61.2 Å². The molecule has 3 rings (SSSR count). The highest BCUT2D eigenvalue weighted by molar-refractivity contribution is 7.89. The number of piperidine rings is 1. The van der Waals surface area contributed by atoms with Gasteiger partial charge in [0.1, 0.15) is 11.5 Å². The van der Waals surface area contributed by atoms with Crippen molar-refractivity contribution >= 4 is 15.9 Å². The van der Waals surface area contributed by atoms with Crippen molar-refractivity contribution in [1.29, 1.82) is 0 Å². The lowest BCUT2D eigenvalue weighted by molar-refractivity contribution is -0.122. The summed E-state index contributed by atoms with van der Waals surface area (Å²) in [6.07, 6.45) is 2.21. The minimum Gasteiger partial charge on any atom is -0.497 e. The van der Waals surface area contributed by atoms with Crippen LogP contribution in [0.15, 0.2) is 53.4 Å². The minimum absolute atomic E-state index is 0.00914. The van der Waals surface area contributed by atoms with Gasteiger partial charge in [0.2, 0.25) is 15.9 Å². The number of rotatable bonds is 8. The molecule has 0 aromatic heterocycles. The smallest absolute Gasteiger partial charge is 0.243 e. The SMILES string of the molecule is COc1ccc(S(=O)(=O)N2CCC(NC(=O)CCc3cccc(OC)c3)CC2)cc1. The zero-order chi connectivity index (χ0) is 21.6. The summed E-state index contributed by atoms with van der Waals surface area (Å²) < 4.78 is 37.4. The Hall–Kier alpha value is -2.58. The summed E-state index contributed by atoms with van der Waals surface area (Å²) in [7, 11) is -0.380. The van der Waals surface area contributed by atoms with Gasteiger partial charge in [-0.15, -0.1) is 0 Å². The molecule has 1 N–H and O–H groups in total. The van der Waals surface area contributed by atoms with E-state index in [9.17, 15) is 13.2 Å². The van der Waals surface area contributed by atoms with E-state index in [1.165, 1.54) is 4.31 Å². The van der Waals surface area contributed by atoms with E-state index in [1.807, 2.05) is 24.3 Å². The number of hydrogen-bond acceptors (Lipinski definition) is 5. The quantitative estimate of drug-likeness (QED) is 0.693. The van der Waals surface area contributed by atoms with E-state index in [1.54, 1.807) is 38.5 Å². The molecule has 7 nitrogen and oxygen atoms in total. The molecule has 1 fully saturated rings. The number of methoxy groups -OCH3 is 2. The van der Waals surface area contributed by atoms with Crippen LogP contribution >= 0.6 is 0 Å². The van der Waals surface area contributed by atoms with Crippen molar-refractivity contribution in [3.63, 3.8) is 0 Å². The van der Waals surface area contributed by atoms with Gasteiger partial charge in [0.15, 0.2) is 0 Å². The van der Waals surface area contributed by atoms with Crippen molar-refractivity contribution in [2.24, 2.45) is 0 Å². The molecular weight excluding hydrogens is 404 g/mol. The maximum atomic E-state index is 12.8. The molecule has 1 heterocycles. The third kappa shape index (κ3) is 5.52. The number of sulfonamides is 1. The van der Waals surface area contributed by atoms with Gasteiger partial charge in [0.25, 0.3) is 0 Å². The number of benzene rings is 2. The van der Waals surface area contributed by atoms with Gasteiger partial charge in [-0.3, -0.25) is 4.79 Å². The molecule has 0 atom stereocenters. The van der Waals surface area contributed by atoms with Crippen molar-refractivity contribution in [3.8, 4) is 11.5 Å². The van der Waals surface area contributed by atoms with Crippen molar-refractivity contribution < 1.29 is 22.7 Å². The average Bonchev–Trinajstić information content (AvgIpc) is 2.78. The van der Waals surface area contributed by atoms with Crippen LogP contribution in [0.2, 0.25) is 0 Å². The van der Waals surface area contributed by atoms with E-state index < -0.39 is 10.0 Å². The summed E-state index contributed by atoms with van der Waals surface area (Å²) >= 11 is 0. The van der Waals surface area contributed by atoms with Gasteiger partial charge < -0.3 is 14.8 Å². The minimum atomic E-state index is -3.54. The molecule has 8 heteroatoms. The van der Waals surface area contributed by atoms with Crippen LogP contribution < -0.4 is 14.8 Å². The Morgan fingerprint density at radius 3 is 2.33 bits per heavy atom. The number of carbonyl (C=O) groups is 1. The molecule has 1 amide bonds. The maximum absolute atomic E-state index is 12.8. The highest BCUT2D eigenvalue weighted by Crippen LogP contribution is 2.23. The summed E-state index contributed by atoms with van der Waals surface area (Å²) in [6, 6.07) is 14.1. The first kappa shape index (κ1) is 22.1. The molecule has 0 radical (unpaired) electrons. The van der Waals surface area contributed by atoms with Gasteiger partial charge in [-0.1, -0.05) is 12.1 Å². The van der Waals surface area contributed by atoms with Gasteiger partial charge >= 0.3 is 0 Å². The standard InChI is InChI=1S/C22H28N2O5S/c1-28-19-7-9-21(10-8-19)30(26,27)24-14-12-18(13-15-24)23-22(25)11-6-17-4-3-5-20(16-17)29-2/h3-5,7-10,16,18H,6,11-15H2,1-2H3,(H,23,25). The zero-order valence-electron chi connectivity index (χ0n) is 17.3. The average molecular weight is 433 g/mol. The Morgan fingerprint density at radius 2 is 1.70 bits per heavy atom. The fourth-order valence-electron chi connectivity index (χ4n) is 3.52. The Bertz CT molecular complexity index is 952. The van der Waals surface area contributed by atoms with Crippen LogP contribution in [-0.4, -0.2) is 52.0 Å². The second kappa shape index (κ2) is 9.95. The van der Waals surface area contributed by atoms with Crippen LogP contribution in [-0.2, 0) is 21.2 Å². The van der Waals surface area contributed by atoms with E-state index in [-0.39, 0.29) is 16.8 Å². The van der Waals surface area contributed by atoms with E-state index in [0.717, 1.165) is 11.3 Å². The molecule has 0 spiro atoms. The predicted octanol–water partition coefficient (Wildman–Crippen LogP) is 2.61. The normalized spacial score (nSPS) is 15.5. The molecule has 162 valence electrons.